The predicted molar refractivity (Wildman–Crippen MR) is 81.8 cm³/mol. The average molecular weight is 285 g/mol. The second-order valence-corrected chi connectivity index (χ2v) is 4.57. The Morgan fingerprint density at radius 3 is 2.71 bits per heavy atom. The third-order valence-electron chi connectivity index (χ3n) is 2.74. The summed E-state index contributed by atoms with van der Waals surface area (Å²) in [5.74, 6) is -0.562. The highest BCUT2D eigenvalue weighted by molar-refractivity contribution is 5.84. The van der Waals surface area contributed by atoms with Crippen LogP contribution in [-0.4, -0.2) is 18.7 Å². The number of rotatable bonds is 5. The van der Waals surface area contributed by atoms with Crippen LogP contribution in [0.15, 0.2) is 53.6 Å². The van der Waals surface area contributed by atoms with Gasteiger partial charge in [0, 0.05) is 5.69 Å². The van der Waals surface area contributed by atoms with E-state index in [0.29, 0.717) is 5.56 Å². The number of anilines is 1. The normalized spacial score (nSPS) is 10.6. The molecule has 1 amide bonds. The third kappa shape index (κ3) is 5.06. The molecule has 2 N–H and O–H groups in total. The second-order valence-electron chi connectivity index (χ2n) is 4.57. The molecule has 0 radical (unpaired) electrons. The quantitative estimate of drug-likeness (QED) is 0.655. The smallest absolute Gasteiger partial charge is 0.259 e. The molecule has 2 aromatic carbocycles. The van der Waals surface area contributed by atoms with E-state index in [9.17, 15) is 9.18 Å². The number of aryl methyl sites for hydroxylation is 1. The molecule has 0 bridgehead atoms. The predicted octanol–water partition coefficient (Wildman–Crippen LogP) is 2.70. The summed E-state index contributed by atoms with van der Waals surface area (Å²) in [5, 5.41) is 6.82. The number of amides is 1. The fourth-order valence-corrected chi connectivity index (χ4v) is 1.70. The molecule has 108 valence electrons. The van der Waals surface area contributed by atoms with Crippen molar-refractivity contribution in [3.63, 3.8) is 0 Å². The van der Waals surface area contributed by atoms with Crippen molar-refractivity contribution in [1.29, 1.82) is 0 Å². The van der Waals surface area contributed by atoms with Gasteiger partial charge >= 0.3 is 0 Å². The fourth-order valence-electron chi connectivity index (χ4n) is 1.70. The molecule has 2 aromatic rings. The molecule has 0 aliphatic heterocycles. The van der Waals surface area contributed by atoms with Crippen LogP contribution in [0.2, 0.25) is 0 Å². The number of hydrazone groups is 1. The molecule has 0 aliphatic carbocycles. The molecule has 2 rings (SSSR count). The monoisotopic (exact) mass is 285 g/mol. The lowest BCUT2D eigenvalue weighted by molar-refractivity contribution is -0.119. The van der Waals surface area contributed by atoms with Crippen molar-refractivity contribution < 1.29 is 9.18 Å². The van der Waals surface area contributed by atoms with Crippen LogP contribution in [0.5, 0.6) is 0 Å². The van der Waals surface area contributed by atoms with Crippen molar-refractivity contribution in [3.8, 4) is 0 Å². The highest BCUT2D eigenvalue weighted by Crippen LogP contribution is 2.08. The number of hydrogen-bond acceptors (Lipinski definition) is 3. The van der Waals surface area contributed by atoms with Crippen molar-refractivity contribution in [1.82, 2.24) is 5.43 Å². The van der Waals surface area contributed by atoms with E-state index in [4.69, 9.17) is 0 Å². The summed E-state index contributed by atoms with van der Waals surface area (Å²) >= 11 is 0. The van der Waals surface area contributed by atoms with E-state index >= 15 is 0 Å². The first-order valence-electron chi connectivity index (χ1n) is 6.51. The van der Waals surface area contributed by atoms with Crippen molar-refractivity contribution in [2.24, 2.45) is 5.10 Å². The number of nitrogens with zero attached hydrogens (tertiary/aromatic N) is 1. The summed E-state index contributed by atoms with van der Waals surface area (Å²) < 4.78 is 12.7. The Hall–Kier alpha value is -2.69. The van der Waals surface area contributed by atoms with Crippen molar-refractivity contribution in [2.45, 2.75) is 6.92 Å². The van der Waals surface area contributed by atoms with Gasteiger partial charge in [-0.15, -0.1) is 0 Å². The molecular weight excluding hydrogens is 269 g/mol. The van der Waals surface area contributed by atoms with E-state index in [2.05, 4.69) is 15.8 Å². The standard InChI is InChI=1S/C16H16FN3O/c1-12-3-2-4-15(9-12)18-11-16(21)20-19-10-13-5-7-14(17)8-6-13/h2-10,18H,11H2,1H3,(H,20,21)/b19-10+. The second kappa shape index (κ2) is 7.19. The summed E-state index contributed by atoms with van der Waals surface area (Å²) in [6.45, 7) is 2.11. The maximum Gasteiger partial charge on any atom is 0.259 e. The molecular formula is C16H16FN3O. The number of halogens is 1. The zero-order valence-corrected chi connectivity index (χ0v) is 11.6. The van der Waals surface area contributed by atoms with Gasteiger partial charge in [0.2, 0.25) is 0 Å². The Morgan fingerprint density at radius 2 is 2.00 bits per heavy atom. The van der Waals surface area contributed by atoms with Gasteiger partial charge in [0.05, 0.1) is 12.8 Å². The van der Waals surface area contributed by atoms with Crippen LogP contribution >= 0.6 is 0 Å². The molecule has 0 saturated carbocycles. The topological polar surface area (TPSA) is 53.5 Å². The summed E-state index contributed by atoms with van der Waals surface area (Å²) in [6, 6.07) is 13.6. The minimum absolute atomic E-state index is 0.129. The number of hydrogen-bond donors (Lipinski definition) is 2. The van der Waals surface area contributed by atoms with E-state index in [-0.39, 0.29) is 18.3 Å². The summed E-state index contributed by atoms with van der Waals surface area (Å²) in [5.41, 5.74) is 5.12. The van der Waals surface area contributed by atoms with Gasteiger partial charge in [-0.1, -0.05) is 24.3 Å². The zero-order valence-electron chi connectivity index (χ0n) is 11.6. The summed E-state index contributed by atoms with van der Waals surface area (Å²) in [4.78, 5) is 11.6. The van der Waals surface area contributed by atoms with E-state index in [1.165, 1.54) is 18.3 Å². The Kier molecular flexibility index (Phi) is 5.04. The van der Waals surface area contributed by atoms with Gasteiger partial charge in [-0.3, -0.25) is 4.79 Å². The number of benzene rings is 2. The molecule has 0 heterocycles. The third-order valence-corrected chi connectivity index (χ3v) is 2.74. The van der Waals surface area contributed by atoms with Gasteiger partial charge in [0.1, 0.15) is 5.82 Å². The largest absolute Gasteiger partial charge is 0.376 e. The van der Waals surface area contributed by atoms with Crippen molar-refractivity contribution in [3.05, 3.63) is 65.5 Å². The Morgan fingerprint density at radius 1 is 1.24 bits per heavy atom. The lowest BCUT2D eigenvalue weighted by Crippen LogP contribution is -2.25. The molecule has 0 fully saturated rings. The summed E-state index contributed by atoms with van der Waals surface area (Å²) in [7, 11) is 0. The van der Waals surface area contributed by atoms with Gasteiger partial charge < -0.3 is 5.32 Å². The number of nitrogens with one attached hydrogen (secondary N) is 2. The van der Waals surface area contributed by atoms with E-state index in [0.717, 1.165) is 11.3 Å². The van der Waals surface area contributed by atoms with Gasteiger partial charge in [-0.05, 0) is 42.3 Å². The highest BCUT2D eigenvalue weighted by Gasteiger charge is 1.99. The first kappa shape index (κ1) is 14.7. The van der Waals surface area contributed by atoms with Gasteiger partial charge in [0.25, 0.3) is 5.91 Å². The van der Waals surface area contributed by atoms with Crippen molar-refractivity contribution in [2.75, 3.05) is 11.9 Å². The van der Waals surface area contributed by atoms with E-state index in [1.54, 1.807) is 12.1 Å². The number of carbonyl (C=O) groups excluding carboxylic acids is 1. The van der Waals surface area contributed by atoms with Crippen LogP contribution in [0.3, 0.4) is 0 Å². The Bertz CT molecular complexity index is 638. The van der Waals surface area contributed by atoms with E-state index < -0.39 is 0 Å². The number of carbonyl (C=O) groups is 1. The molecule has 4 nitrogen and oxygen atoms in total. The van der Waals surface area contributed by atoms with E-state index in [1.807, 2.05) is 31.2 Å². The van der Waals surface area contributed by atoms with Crippen LogP contribution < -0.4 is 10.7 Å². The maximum atomic E-state index is 12.7. The first-order chi connectivity index (χ1) is 10.1. The van der Waals surface area contributed by atoms with Gasteiger partial charge in [0.15, 0.2) is 0 Å². The Labute approximate surface area is 122 Å². The van der Waals surface area contributed by atoms with Crippen LogP contribution in [-0.2, 0) is 4.79 Å². The minimum Gasteiger partial charge on any atom is -0.376 e. The lowest BCUT2D eigenvalue weighted by Gasteiger charge is -2.05. The van der Waals surface area contributed by atoms with Crippen LogP contribution in [0.1, 0.15) is 11.1 Å². The SMILES string of the molecule is Cc1cccc(NCC(=O)N/N=C/c2ccc(F)cc2)c1. The average Bonchev–Trinajstić information content (AvgIpc) is 2.47. The molecule has 0 aliphatic rings. The summed E-state index contributed by atoms with van der Waals surface area (Å²) in [6.07, 6.45) is 1.46. The molecule has 0 unspecified atom stereocenters. The van der Waals surface area contributed by atoms with Gasteiger partial charge in [-0.25, -0.2) is 9.82 Å². The van der Waals surface area contributed by atoms with Crippen LogP contribution in [0.4, 0.5) is 10.1 Å². The highest BCUT2D eigenvalue weighted by atomic mass is 19.1. The molecule has 0 spiro atoms. The maximum absolute atomic E-state index is 12.7. The molecule has 5 heteroatoms. The lowest BCUT2D eigenvalue weighted by atomic mass is 10.2. The van der Waals surface area contributed by atoms with Crippen molar-refractivity contribution >= 4 is 17.8 Å². The van der Waals surface area contributed by atoms with Crippen LogP contribution in [0, 0.1) is 12.7 Å². The molecule has 0 aromatic heterocycles. The molecule has 0 saturated heterocycles. The Balaban J connectivity index is 1.78. The van der Waals surface area contributed by atoms with Gasteiger partial charge in [-0.2, -0.15) is 5.10 Å². The molecule has 21 heavy (non-hydrogen) atoms. The first-order valence-corrected chi connectivity index (χ1v) is 6.51. The minimum atomic E-state index is -0.307. The molecule has 0 atom stereocenters. The van der Waals surface area contributed by atoms with Crippen LogP contribution in [0.25, 0.3) is 0 Å². The zero-order chi connectivity index (χ0) is 15.1. The fraction of sp³-hybridized carbons (Fsp3) is 0.125.